The average Bonchev–Trinajstić information content (AvgIpc) is 3.14. The molecule has 2 fully saturated rings. The van der Waals surface area contributed by atoms with Crippen LogP contribution in [0, 0.1) is 5.41 Å². The molecule has 1 spiro atoms. The van der Waals surface area contributed by atoms with Crippen molar-refractivity contribution in [2.75, 3.05) is 5.32 Å². The van der Waals surface area contributed by atoms with Crippen molar-refractivity contribution in [3.8, 4) is 0 Å². The highest BCUT2D eigenvalue weighted by molar-refractivity contribution is 7.16. The van der Waals surface area contributed by atoms with E-state index in [1.807, 2.05) is 11.6 Å². The molecule has 0 bridgehead atoms. The van der Waals surface area contributed by atoms with Crippen LogP contribution in [0.3, 0.4) is 0 Å². The van der Waals surface area contributed by atoms with Gasteiger partial charge in [0, 0.05) is 6.04 Å². The highest BCUT2D eigenvalue weighted by Gasteiger charge is 2.37. The first-order valence-electron chi connectivity index (χ1n) is 8.04. The van der Waals surface area contributed by atoms with E-state index in [0.717, 1.165) is 16.2 Å². The lowest BCUT2D eigenvalue weighted by Gasteiger charge is -2.38. The number of nitrogens with zero attached hydrogens (tertiary/aromatic N) is 1. The molecule has 0 saturated heterocycles. The van der Waals surface area contributed by atoms with Crippen LogP contribution >= 0.6 is 22.9 Å². The maximum Gasteiger partial charge on any atom is 0.106 e. The molecule has 1 aromatic heterocycles. The van der Waals surface area contributed by atoms with E-state index in [1.165, 1.54) is 56.1 Å². The SMILES string of the molecule is Clc1ccc2scnc2c1NC1CCC2(CCCC2)CC1. The molecule has 2 aromatic rings. The highest BCUT2D eigenvalue weighted by Crippen LogP contribution is 2.49. The van der Waals surface area contributed by atoms with E-state index in [0.29, 0.717) is 11.5 Å². The maximum atomic E-state index is 6.40. The Kier molecular flexibility index (Phi) is 3.58. The summed E-state index contributed by atoms with van der Waals surface area (Å²) in [6.45, 7) is 0. The summed E-state index contributed by atoms with van der Waals surface area (Å²) >= 11 is 8.08. The number of aromatic nitrogens is 1. The summed E-state index contributed by atoms with van der Waals surface area (Å²) in [5.41, 5.74) is 4.67. The van der Waals surface area contributed by atoms with Crippen LogP contribution in [0.25, 0.3) is 10.2 Å². The lowest BCUT2D eigenvalue weighted by atomic mass is 9.71. The Bertz CT molecular complexity index is 635. The second kappa shape index (κ2) is 5.44. The third-order valence-electron chi connectivity index (χ3n) is 5.51. The molecule has 21 heavy (non-hydrogen) atoms. The van der Waals surface area contributed by atoms with Crippen molar-refractivity contribution in [3.63, 3.8) is 0 Å². The van der Waals surface area contributed by atoms with Gasteiger partial charge in [-0.15, -0.1) is 11.3 Å². The summed E-state index contributed by atoms with van der Waals surface area (Å²) in [7, 11) is 0. The summed E-state index contributed by atoms with van der Waals surface area (Å²) in [5.74, 6) is 0. The molecule has 2 aliphatic rings. The predicted octanol–water partition coefficient (Wildman–Crippen LogP) is 5.86. The summed E-state index contributed by atoms with van der Waals surface area (Å²) < 4.78 is 1.21. The van der Waals surface area contributed by atoms with Crippen molar-refractivity contribution >= 4 is 38.8 Å². The molecular weight excluding hydrogens is 300 g/mol. The Hall–Kier alpha value is -0.800. The molecule has 0 unspecified atom stereocenters. The van der Waals surface area contributed by atoms with Crippen molar-refractivity contribution in [2.24, 2.45) is 5.41 Å². The number of anilines is 1. The fourth-order valence-corrected chi connectivity index (χ4v) is 5.14. The average molecular weight is 321 g/mol. The highest BCUT2D eigenvalue weighted by atomic mass is 35.5. The third kappa shape index (κ3) is 2.55. The number of hydrogen-bond acceptors (Lipinski definition) is 3. The Balaban J connectivity index is 1.51. The fraction of sp³-hybridized carbons (Fsp3) is 0.588. The van der Waals surface area contributed by atoms with Crippen LogP contribution < -0.4 is 5.32 Å². The Morgan fingerprint density at radius 2 is 1.90 bits per heavy atom. The topological polar surface area (TPSA) is 24.9 Å². The van der Waals surface area contributed by atoms with Crippen molar-refractivity contribution in [1.82, 2.24) is 4.98 Å². The van der Waals surface area contributed by atoms with Gasteiger partial charge in [0.2, 0.25) is 0 Å². The van der Waals surface area contributed by atoms with Crippen LogP contribution in [-0.4, -0.2) is 11.0 Å². The standard InChI is InChI=1S/C17H21ClN2S/c18-13-3-4-14-16(19-11-21-14)15(13)20-12-5-9-17(10-6-12)7-1-2-8-17/h3-4,11-12,20H,1-2,5-10H2. The number of benzene rings is 1. The Labute approximate surface area is 134 Å². The molecule has 1 aromatic carbocycles. The summed E-state index contributed by atoms with van der Waals surface area (Å²) in [6.07, 6.45) is 11.1. The van der Waals surface area contributed by atoms with Gasteiger partial charge in [-0.3, -0.25) is 0 Å². The number of fused-ring (bicyclic) bond motifs is 1. The molecule has 0 amide bonds. The number of thiazole rings is 1. The molecule has 2 saturated carbocycles. The van der Waals surface area contributed by atoms with Gasteiger partial charge in [-0.05, 0) is 56.1 Å². The van der Waals surface area contributed by atoms with Crippen LogP contribution in [0.5, 0.6) is 0 Å². The van der Waals surface area contributed by atoms with Crippen molar-refractivity contribution < 1.29 is 0 Å². The van der Waals surface area contributed by atoms with Crippen molar-refractivity contribution in [2.45, 2.75) is 57.4 Å². The van der Waals surface area contributed by atoms with Crippen molar-refractivity contribution in [3.05, 3.63) is 22.7 Å². The lowest BCUT2D eigenvalue weighted by Crippen LogP contribution is -2.31. The fourth-order valence-electron chi connectivity index (χ4n) is 4.25. The van der Waals surface area contributed by atoms with E-state index in [2.05, 4.69) is 16.4 Å². The normalized spacial score (nSPS) is 22.1. The first-order valence-corrected chi connectivity index (χ1v) is 9.30. The molecule has 2 nitrogen and oxygen atoms in total. The lowest BCUT2D eigenvalue weighted by molar-refractivity contribution is 0.188. The summed E-state index contributed by atoms with van der Waals surface area (Å²) in [5, 5.41) is 4.50. The molecule has 112 valence electrons. The zero-order valence-corrected chi connectivity index (χ0v) is 13.8. The zero-order valence-electron chi connectivity index (χ0n) is 12.2. The second-order valence-electron chi connectivity index (χ2n) is 6.75. The van der Waals surface area contributed by atoms with E-state index in [1.54, 1.807) is 11.3 Å². The largest absolute Gasteiger partial charge is 0.379 e. The predicted molar refractivity (Wildman–Crippen MR) is 91.4 cm³/mol. The van der Waals surface area contributed by atoms with E-state index in [9.17, 15) is 0 Å². The molecule has 0 aliphatic heterocycles. The number of nitrogens with one attached hydrogen (secondary N) is 1. The van der Waals surface area contributed by atoms with Gasteiger partial charge in [-0.1, -0.05) is 24.4 Å². The van der Waals surface area contributed by atoms with E-state index < -0.39 is 0 Å². The Morgan fingerprint density at radius 1 is 1.14 bits per heavy atom. The van der Waals surface area contributed by atoms with Gasteiger partial charge in [0.15, 0.2) is 0 Å². The molecule has 0 radical (unpaired) electrons. The first kappa shape index (κ1) is 13.8. The maximum absolute atomic E-state index is 6.40. The third-order valence-corrected chi connectivity index (χ3v) is 6.62. The quantitative estimate of drug-likeness (QED) is 0.749. The van der Waals surface area contributed by atoms with E-state index in [-0.39, 0.29) is 0 Å². The van der Waals surface area contributed by atoms with Crippen LogP contribution in [0.2, 0.25) is 5.02 Å². The molecule has 1 N–H and O–H groups in total. The van der Waals surface area contributed by atoms with Gasteiger partial charge in [0.25, 0.3) is 0 Å². The summed E-state index contributed by atoms with van der Waals surface area (Å²) in [6, 6.07) is 4.61. The van der Waals surface area contributed by atoms with E-state index in [4.69, 9.17) is 11.6 Å². The monoisotopic (exact) mass is 320 g/mol. The van der Waals surface area contributed by atoms with Gasteiger partial charge < -0.3 is 5.32 Å². The number of halogens is 1. The van der Waals surface area contributed by atoms with Gasteiger partial charge in [-0.25, -0.2) is 4.98 Å². The van der Waals surface area contributed by atoms with Gasteiger partial charge in [0.1, 0.15) is 5.52 Å². The van der Waals surface area contributed by atoms with Crippen LogP contribution in [-0.2, 0) is 0 Å². The first-order chi connectivity index (χ1) is 10.3. The minimum absolute atomic E-state index is 0.557. The number of rotatable bonds is 2. The molecular formula is C17H21ClN2S. The Morgan fingerprint density at radius 3 is 2.67 bits per heavy atom. The van der Waals surface area contributed by atoms with Gasteiger partial charge >= 0.3 is 0 Å². The van der Waals surface area contributed by atoms with E-state index >= 15 is 0 Å². The van der Waals surface area contributed by atoms with Crippen LogP contribution in [0.15, 0.2) is 17.6 Å². The zero-order chi connectivity index (χ0) is 14.3. The second-order valence-corrected chi connectivity index (χ2v) is 8.04. The molecule has 0 atom stereocenters. The molecule has 2 aliphatic carbocycles. The minimum Gasteiger partial charge on any atom is -0.379 e. The van der Waals surface area contributed by atoms with Crippen LogP contribution in [0.4, 0.5) is 5.69 Å². The molecule has 4 heteroatoms. The minimum atomic E-state index is 0.557. The van der Waals surface area contributed by atoms with Gasteiger partial charge in [0.05, 0.1) is 20.9 Å². The number of hydrogen-bond donors (Lipinski definition) is 1. The van der Waals surface area contributed by atoms with Crippen molar-refractivity contribution in [1.29, 1.82) is 0 Å². The molecule has 1 heterocycles. The summed E-state index contributed by atoms with van der Waals surface area (Å²) in [4.78, 5) is 4.49. The van der Waals surface area contributed by atoms with Gasteiger partial charge in [-0.2, -0.15) is 0 Å². The smallest absolute Gasteiger partial charge is 0.106 e. The van der Waals surface area contributed by atoms with Crippen LogP contribution in [0.1, 0.15) is 51.4 Å². The molecule has 4 rings (SSSR count).